The largest absolute Gasteiger partial charge is 0.294 e. The molecule has 2 aromatic carbocycles. The predicted molar refractivity (Wildman–Crippen MR) is 93.6 cm³/mol. The Labute approximate surface area is 143 Å². The average molecular weight is 343 g/mol. The van der Waals surface area contributed by atoms with Crippen molar-refractivity contribution in [2.45, 2.75) is 38.6 Å². The first-order chi connectivity index (χ1) is 11.3. The highest BCUT2D eigenvalue weighted by Crippen LogP contribution is 2.28. The van der Waals surface area contributed by atoms with Crippen LogP contribution in [0.3, 0.4) is 0 Å². The van der Waals surface area contributed by atoms with E-state index in [4.69, 9.17) is 0 Å². The zero-order chi connectivity index (χ0) is 17.5. The number of carbonyl (C=O) groups is 1. The van der Waals surface area contributed by atoms with Crippen LogP contribution in [0.5, 0.6) is 0 Å². The van der Waals surface area contributed by atoms with Gasteiger partial charge in [-0.25, -0.2) is 8.42 Å². The Bertz CT molecular complexity index is 899. The van der Waals surface area contributed by atoms with Gasteiger partial charge in [-0.15, -0.1) is 0 Å². The summed E-state index contributed by atoms with van der Waals surface area (Å²) < 4.78 is 27.4. The normalized spacial score (nSPS) is 15.9. The minimum atomic E-state index is -3.62. The van der Waals surface area contributed by atoms with Crippen LogP contribution in [0.2, 0.25) is 0 Å². The first kappa shape index (κ1) is 16.9. The molecule has 0 N–H and O–H groups in total. The zero-order valence-corrected chi connectivity index (χ0v) is 15.0. The van der Waals surface area contributed by atoms with E-state index in [0.29, 0.717) is 5.56 Å². The summed E-state index contributed by atoms with van der Waals surface area (Å²) in [4.78, 5) is 12.7. The van der Waals surface area contributed by atoms with Gasteiger partial charge in [0.1, 0.15) is 0 Å². The molecule has 1 aliphatic heterocycles. The molecule has 0 aliphatic carbocycles. The summed E-state index contributed by atoms with van der Waals surface area (Å²) in [6, 6.07) is 10.6. The molecule has 4 nitrogen and oxygen atoms in total. The Hall–Kier alpha value is -1.98. The molecule has 0 atom stereocenters. The second kappa shape index (κ2) is 6.15. The molecule has 126 valence electrons. The van der Waals surface area contributed by atoms with E-state index >= 15 is 0 Å². The first-order valence-electron chi connectivity index (χ1n) is 8.00. The summed E-state index contributed by atoms with van der Waals surface area (Å²) in [5.41, 5.74) is 4.55. The SMILES string of the molecule is Cc1ccc(S(=O)(=O)N2CCC(=O)c3ccc(C)c(C)c3C2)cc1. The topological polar surface area (TPSA) is 54.5 Å². The Balaban J connectivity index is 2.05. The number of rotatable bonds is 2. The van der Waals surface area contributed by atoms with Crippen molar-refractivity contribution in [3.8, 4) is 0 Å². The Kier molecular flexibility index (Phi) is 4.32. The van der Waals surface area contributed by atoms with E-state index in [1.54, 1.807) is 24.3 Å². The van der Waals surface area contributed by atoms with Crippen LogP contribution in [0.4, 0.5) is 0 Å². The summed E-state index contributed by atoms with van der Waals surface area (Å²) in [6.45, 7) is 6.30. The predicted octanol–water partition coefficient (Wildman–Crippen LogP) is 3.39. The van der Waals surface area contributed by atoms with Gasteiger partial charge in [-0.2, -0.15) is 4.31 Å². The molecule has 3 rings (SSSR count). The highest BCUT2D eigenvalue weighted by molar-refractivity contribution is 7.89. The molecular weight excluding hydrogens is 322 g/mol. The second-order valence-corrected chi connectivity index (χ2v) is 8.30. The van der Waals surface area contributed by atoms with Gasteiger partial charge in [-0.1, -0.05) is 29.8 Å². The van der Waals surface area contributed by atoms with Crippen LogP contribution < -0.4 is 0 Å². The summed E-state index contributed by atoms with van der Waals surface area (Å²) in [6.07, 6.45) is 0.209. The van der Waals surface area contributed by atoms with Gasteiger partial charge >= 0.3 is 0 Å². The Morgan fingerprint density at radius 2 is 1.62 bits per heavy atom. The van der Waals surface area contributed by atoms with Gasteiger partial charge in [0.15, 0.2) is 5.78 Å². The molecule has 0 spiro atoms. The highest BCUT2D eigenvalue weighted by Gasteiger charge is 2.30. The fraction of sp³-hybridized carbons (Fsp3) is 0.316. The van der Waals surface area contributed by atoms with Gasteiger partial charge < -0.3 is 0 Å². The van der Waals surface area contributed by atoms with E-state index in [1.807, 2.05) is 32.9 Å². The van der Waals surface area contributed by atoms with Gasteiger partial charge in [0.05, 0.1) is 4.90 Å². The molecule has 0 aromatic heterocycles. The standard InChI is InChI=1S/C19H21NO3S/c1-13-4-7-16(8-5-13)24(22,23)20-11-10-19(21)17-9-6-14(2)15(3)18(17)12-20/h4-9H,10-12H2,1-3H3. The van der Waals surface area contributed by atoms with Crippen molar-refractivity contribution in [2.24, 2.45) is 0 Å². The maximum atomic E-state index is 13.0. The van der Waals surface area contributed by atoms with E-state index in [-0.39, 0.29) is 30.2 Å². The molecule has 24 heavy (non-hydrogen) atoms. The number of sulfonamides is 1. The molecule has 0 unspecified atom stereocenters. The quantitative estimate of drug-likeness (QED) is 0.840. The molecular formula is C19H21NO3S. The van der Waals surface area contributed by atoms with Crippen LogP contribution in [-0.2, 0) is 16.6 Å². The number of Topliss-reactive ketones (excluding diaryl/α,β-unsaturated/α-hetero) is 1. The molecule has 0 radical (unpaired) electrons. The third-order valence-corrected chi connectivity index (χ3v) is 6.61. The van der Waals surface area contributed by atoms with Crippen molar-refractivity contribution in [3.63, 3.8) is 0 Å². The average Bonchev–Trinajstić information content (AvgIpc) is 2.72. The van der Waals surface area contributed by atoms with Gasteiger partial charge in [-0.3, -0.25) is 4.79 Å². The summed E-state index contributed by atoms with van der Waals surface area (Å²) in [5.74, 6) is 0.00899. The number of aryl methyl sites for hydroxylation is 2. The van der Waals surface area contributed by atoms with Gasteiger partial charge in [0, 0.05) is 25.1 Å². The lowest BCUT2D eigenvalue weighted by molar-refractivity contribution is 0.0981. The molecule has 0 bridgehead atoms. The zero-order valence-electron chi connectivity index (χ0n) is 14.2. The summed E-state index contributed by atoms with van der Waals surface area (Å²) >= 11 is 0. The molecule has 2 aromatic rings. The van der Waals surface area contributed by atoms with Crippen molar-refractivity contribution in [1.29, 1.82) is 0 Å². The van der Waals surface area contributed by atoms with Crippen molar-refractivity contribution < 1.29 is 13.2 Å². The van der Waals surface area contributed by atoms with E-state index in [9.17, 15) is 13.2 Å². The number of benzene rings is 2. The van der Waals surface area contributed by atoms with Crippen LogP contribution >= 0.6 is 0 Å². The monoisotopic (exact) mass is 343 g/mol. The maximum absolute atomic E-state index is 13.0. The first-order valence-corrected chi connectivity index (χ1v) is 9.44. The third-order valence-electron chi connectivity index (χ3n) is 4.75. The Morgan fingerprint density at radius 1 is 0.958 bits per heavy atom. The molecule has 0 fully saturated rings. The van der Waals surface area contributed by atoms with E-state index < -0.39 is 10.0 Å². The lowest BCUT2D eigenvalue weighted by Gasteiger charge is -2.21. The number of carbonyl (C=O) groups excluding carboxylic acids is 1. The fourth-order valence-electron chi connectivity index (χ4n) is 3.02. The smallest absolute Gasteiger partial charge is 0.243 e. The van der Waals surface area contributed by atoms with E-state index in [0.717, 1.165) is 22.3 Å². The van der Waals surface area contributed by atoms with Crippen LogP contribution in [0.25, 0.3) is 0 Å². The minimum Gasteiger partial charge on any atom is -0.294 e. The number of hydrogen-bond donors (Lipinski definition) is 0. The molecule has 0 amide bonds. The molecule has 1 aliphatic rings. The van der Waals surface area contributed by atoms with E-state index in [1.165, 1.54) is 4.31 Å². The number of nitrogens with zero attached hydrogens (tertiary/aromatic N) is 1. The number of fused-ring (bicyclic) bond motifs is 1. The lowest BCUT2D eigenvalue weighted by atomic mass is 9.95. The fourth-order valence-corrected chi connectivity index (χ4v) is 4.43. The van der Waals surface area contributed by atoms with Gasteiger partial charge in [0.2, 0.25) is 10.0 Å². The highest BCUT2D eigenvalue weighted by atomic mass is 32.2. The van der Waals surface area contributed by atoms with Crippen LogP contribution in [0, 0.1) is 20.8 Å². The lowest BCUT2D eigenvalue weighted by Crippen LogP contribution is -2.31. The Morgan fingerprint density at radius 3 is 2.29 bits per heavy atom. The molecule has 0 saturated heterocycles. The van der Waals surface area contributed by atoms with Crippen LogP contribution in [0.15, 0.2) is 41.3 Å². The minimum absolute atomic E-state index is 0.00899. The third kappa shape index (κ3) is 2.89. The molecule has 1 heterocycles. The summed E-state index contributed by atoms with van der Waals surface area (Å²) in [5, 5.41) is 0. The summed E-state index contributed by atoms with van der Waals surface area (Å²) in [7, 11) is -3.62. The number of hydrogen-bond acceptors (Lipinski definition) is 3. The van der Waals surface area contributed by atoms with E-state index in [2.05, 4.69) is 0 Å². The molecule has 0 saturated carbocycles. The molecule has 5 heteroatoms. The van der Waals surface area contributed by atoms with Crippen LogP contribution in [-0.4, -0.2) is 25.1 Å². The van der Waals surface area contributed by atoms with Crippen molar-refractivity contribution in [2.75, 3.05) is 6.54 Å². The second-order valence-electron chi connectivity index (χ2n) is 6.36. The van der Waals surface area contributed by atoms with Crippen molar-refractivity contribution in [1.82, 2.24) is 4.31 Å². The van der Waals surface area contributed by atoms with Crippen LogP contribution in [0.1, 0.15) is 39.0 Å². The van der Waals surface area contributed by atoms with Crippen molar-refractivity contribution in [3.05, 3.63) is 64.2 Å². The van der Waals surface area contributed by atoms with Gasteiger partial charge in [0.25, 0.3) is 0 Å². The maximum Gasteiger partial charge on any atom is 0.243 e. The number of ketones is 1. The van der Waals surface area contributed by atoms with Crippen molar-refractivity contribution >= 4 is 15.8 Å². The van der Waals surface area contributed by atoms with Gasteiger partial charge in [-0.05, 0) is 49.6 Å².